The van der Waals surface area contributed by atoms with Gasteiger partial charge in [0, 0.05) is 10.7 Å². The fourth-order valence-electron chi connectivity index (χ4n) is 1.67. The van der Waals surface area contributed by atoms with Crippen LogP contribution in [0.25, 0.3) is 0 Å². The molecule has 0 saturated carbocycles. The summed E-state index contributed by atoms with van der Waals surface area (Å²) in [5, 5.41) is 3.59. The smallest absolute Gasteiger partial charge is 0.257 e. The fourth-order valence-corrected chi connectivity index (χ4v) is 2.94. The standard InChI is InChI=1S/C14H14ClN3O2S2/c1-10-12(15)8-5-9-13(10)16-14(21)17-18-22(19,20)11-6-3-2-4-7-11/h2-9,18H,1H3,(H2,16,17,21). The quantitative estimate of drug-likeness (QED) is 0.581. The molecular weight excluding hydrogens is 342 g/mol. The number of hydrogen-bond acceptors (Lipinski definition) is 3. The Kier molecular flexibility index (Phi) is 5.36. The molecule has 0 spiro atoms. The van der Waals surface area contributed by atoms with E-state index in [0.717, 1.165) is 5.56 Å². The Morgan fingerprint density at radius 1 is 1.09 bits per heavy atom. The molecule has 3 N–H and O–H groups in total. The van der Waals surface area contributed by atoms with Gasteiger partial charge in [-0.15, -0.1) is 4.83 Å². The van der Waals surface area contributed by atoms with Crippen molar-refractivity contribution in [2.75, 3.05) is 5.32 Å². The van der Waals surface area contributed by atoms with Gasteiger partial charge in [0.05, 0.1) is 4.90 Å². The third kappa shape index (κ3) is 4.17. The van der Waals surface area contributed by atoms with E-state index >= 15 is 0 Å². The maximum Gasteiger partial charge on any atom is 0.257 e. The van der Waals surface area contributed by atoms with Crippen LogP contribution in [0.5, 0.6) is 0 Å². The van der Waals surface area contributed by atoms with Crippen molar-refractivity contribution in [1.29, 1.82) is 0 Å². The summed E-state index contributed by atoms with van der Waals surface area (Å²) in [6.07, 6.45) is 0. The first-order chi connectivity index (χ1) is 10.4. The molecule has 0 aliphatic rings. The van der Waals surface area contributed by atoms with Gasteiger partial charge in [-0.25, -0.2) is 8.42 Å². The number of sulfonamides is 1. The van der Waals surface area contributed by atoms with Crippen LogP contribution in [0.3, 0.4) is 0 Å². The molecule has 0 saturated heterocycles. The summed E-state index contributed by atoms with van der Waals surface area (Å²) >= 11 is 11.1. The molecule has 0 aliphatic carbocycles. The van der Waals surface area contributed by atoms with E-state index < -0.39 is 10.0 Å². The lowest BCUT2D eigenvalue weighted by molar-refractivity contribution is 0.578. The predicted molar refractivity (Wildman–Crippen MR) is 92.3 cm³/mol. The van der Waals surface area contributed by atoms with Crippen LogP contribution in [0, 0.1) is 6.92 Å². The van der Waals surface area contributed by atoms with E-state index in [1.165, 1.54) is 12.1 Å². The molecule has 0 aliphatic heterocycles. The lowest BCUT2D eigenvalue weighted by Gasteiger charge is -2.14. The maximum atomic E-state index is 12.0. The molecule has 0 aromatic heterocycles. The fraction of sp³-hybridized carbons (Fsp3) is 0.0714. The summed E-state index contributed by atoms with van der Waals surface area (Å²) < 4.78 is 24.1. The molecule has 0 atom stereocenters. The lowest BCUT2D eigenvalue weighted by atomic mass is 10.2. The second-order valence-corrected chi connectivity index (χ2v) is 6.91. The van der Waals surface area contributed by atoms with Crippen LogP contribution in [0.15, 0.2) is 53.4 Å². The van der Waals surface area contributed by atoms with Crippen molar-refractivity contribution in [3.63, 3.8) is 0 Å². The average molecular weight is 356 g/mol. The van der Waals surface area contributed by atoms with Gasteiger partial charge < -0.3 is 5.32 Å². The van der Waals surface area contributed by atoms with Crippen LogP contribution < -0.4 is 15.6 Å². The summed E-state index contributed by atoms with van der Waals surface area (Å²) in [4.78, 5) is 2.36. The van der Waals surface area contributed by atoms with E-state index in [4.69, 9.17) is 23.8 Å². The molecule has 116 valence electrons. The number of hydrogen-bond donors (Lipinski definition) is 3. The Balaban J connectivity index is 2.00. The number of rotatable bonds is 4. The normalized spacial score (nSPS) is 11.0. The molecule has 0 bridgehead atoms. The summed E-state index contributed by atoms with van der Waals surface area (Å²) in [6.45, 7) is 1.83. The number of hydrazine groups is 1. The molecule has 22 heavy (non-hydrogen) atoms. The van der Waals surface area contributed by atoms with Gasteiger partial charge in [-0.2, -0.15) is 0 Å². The number of nitrogens with one attached hydrogen (secondary N) is 3. The highest BCUT2D eigenvalue weighted by Crippen LogP contribution is 2.22. The molecule has 2 rings (SSSR count). The SMILES string of the molecule is Cc1c(Cl)cccc1NC(=S)NNS(=O)(=O)c1ccccc1. The summed E-state index contributed by atoms with van der Waals surface area (Å²) in [5.74, 6) is 0. The molecule has 0 unspecified atom stereocenters. The van der Waals surface area contributed by atoms with Crippen LogP contribution in [-0.2, 0) is 10.0 Å². The summed E-state index contributed by atoms with van der Waals surface area (Å²) in [6, 6.07) is 13.3. The lowest BCUT2D eigenvalue weighted by Crippen LogP contribution is -2.43. The third-order valence-corrected chi connectivity index (χ3v) is 4.75. The van der Waals surface area contributed by atoms with Crippen LogP contribution >= 0.6 is 23.8 Å². The molecule has 0 heterocycles. The number of benzene rings is 2. The van der Waals surface area contributed by atoms with Crippen LogP contribution in [0.2, 0.25) is 5.02 Å². The van der Waals surface area contributed by atoms with E-state index in [1.54, 1.807) is 36.4 Å². The Morgan fingerprint density at radius 3 is 2.45 bits per heavy atom. The zero-order chi connectivity index (χ0) is 16.2. The molecule has 0 amide bonds. The maximum absolute atomic E-state index is 12.0. The van der Waals surface area contributed by atoms with Gasteiger partial charge in [0.15, 0.2) is 5.11 Å². The zero-order valence-corrected chi connectivity index (χ0v) is 14.0. The second-order valence-electron chi connectivity index (χ2n) is 4.41. The molecule has 2 aromatic rings. The molecule has 0 fully saturated rings. The highest BCUT2D eigenvalue weighted by molar-refractivity contribution is 7.89. The first-order valence-corrected chi connectivity index (χ1v) is 8.56. The minimum atomic E-state index is -3.68. The van der Waals surface area contributed by atoms with Crippen molar-refractivity contribution < 1.29 is 8.42 Å². The largest absolute Gasteiger partial charge is 0.331 e. The Labute approximate surface area is 139 Å². The first kappa shape index (κ1) is 16.7. The van der Waals surface area contributed by atoms with Crippen LogP contribution in [0.1, 0.15) is 5.56 Å². The number of anilines is 1. The highest BCUT2D eigenvalue weighted by atomic mass is 35.5. The average Bonchev–Trinajstić information content (AvgIpc) is 2.51. The predicted octanol–water partition coefficient (Wildman–Crippen LogP) is 2.83. The zero-order valence-electron chi connectivity index (χ0n) is 11.6. The van der Waals surface area contributed by atoms with Crippen molar-refractivity contribution in [2.24, 2.45) is 0 Å². The second kappa shape index (κ2) is 7.06. The first-order valence-electron chi connectivity index (χ1n) is 6.29. The Hall–Kier alpha value is -1.67. The van der Waals surface area contributed by atoms with E-state index in [2.05, 4.69) is 15.6 Å². The summed E-state index contributed by atoms with van der Waals surface area (Å²) in [5.41, 5.74) is 3.97. The van der Waals surface area contributed by atoms with Crippen molar-refractivity contribution in [1.82, 2.24) is 10.3 Å². The number of halogens is 1. The van der Waals surface area contributed by atoms with Crippen LogP contribution in [0.4, 0.5) is 5.69 Å². The van der Waals surface area contributed by atoms with Crippen molar-refractivity contribution in [3.05, 3.63) is 59.1 Å². The van der Waals surface area contributed by atoms with E-state index in [9.17, 15) is 8.42 Å². The molecule has 8 heteroatoms. The van der Waals surface area contributed by atoms with Crippen LogP contribution in [-0.4, -0.2) is 13.5 Å². The minimum absolute atomic E-state index is 0.116. The van der Waals surface area contributed by atoms with Gasteiger partial charge in [0.1, 0.15) is 0 Å². The van der Waals surface area contributed by atoms with Crippen molar-refractivity contribution in [3.8, 4) is 0 Å². The summed E-state index contributed by atoms with van der Waals surface area (Å²) in [7, 11) is -3.68. The van der Waals surface area contributed by atoms with Gasteiger partial charge in [-0.1, -0.05) is 35.9 Å². The molecule has 2 aromatic carbocycles. The molecule has 0 radical (unpaired) electrons. The van der Waals surface area contributed by atoms with Crippen molar-refractivity contribution >= 4 is 44.6 Å². The third-order valence-electron chi connectivity index (χ3n) is 2.87. The van der Waals surface area contributed by atoms with E-state index in [-0.39, 0.29) is 10.0 Å². The Bertz CT molecular complexity index is 780. The van der Waals surface area contributed by atoms with Gasteiger partial charge in [0.2, 0.25) is 0 Å². The monoisotopic (exact) mass is 355 g/mol. The van der Waals surface area contributed by atoms with E-state index in [0.29, 0.717) is 10.7 Å². The van der Waals surface area contributed by atoms with Gasteiger partial charge in [-0.05, 0) is 49.0 Å². The number of thiocarbonyl (C=S) groups is 1. The molecular formula is C14H14ClN3O2S2. The van der Waals surface area contributed by atoms with Gasteiger partial charge >= 0.3 is 0 Å². The van der Waals surface area contributed by atoms with Gasteiger partial charge in [-0.3, -0.25) is 5.43 Å². The minimum Gasteiger partial charge on any atom is -0.331 e. The van der Waals surface area contributed by atoms with Crippen molar-refractivity contribution in [2.45, 2.75) is 11.8 Å². The highest BCUT2D eigenvalue weighted by Gasteiger charge is 2.13. The van der Waals surface area contributed by atoms with Gasteiger partial charge in [0.25, 0.3) is 10.0 Å². The topological polar surface area (TPSA) is 70.2 Å². The molecule has 5 nitrogen and oxygen atoms in total. The van der Waals surface area contributed by atoms with E-state index in [1.807, 2.05) is 6.92 Å². The Morgan fingerprint density at radius 2 is 1.77 bits per heavy atom.